The number of hydrogen-bond acceptors (Lipinski definition) is 3. The third kappa shape index (κ3) is 4.86. The second-order valence-corrected chi connectivity index (χ2v) is 6.39. The largest absolute Gasteiger partial charge is 0.494 e. The maximum absolute atomic E-state index is 11.0. The Balaban J connectivity index is 1.84. The molecular formula is C19H26N2O3. The molecule has 2 rings (SSSR count). The summed E-state index contributed by atoms with van der Waals surface area (Å²) in [6.07, 6.45) is 4.28. The monoisotopic (exact) mass is 330 g/mol. The molecule has 0 radical (unpaired) electrons. The van der Waals surface area contributed by atoms with Gasteiger partial charge in [-0.05, 0) is 42.4 Å². The number of nitrogens with one attached hydrogen (secondary N) is 1. The molecule has 0 aliphatic carbocycles. The van der Waals surface area contributed by atoms with E-state index in [1.165, 1.54) is 11.1 Å². The molecule has 0 fully saturated rings. The molecule has 0 spiro atoms. The van der Waals surface area contributed by atoms with Crippen molar-refractivity contribution in [2.24, 2.45) is 0 Å². The molecule has 2 aromatic rings. The Morgan fingerprint density at radius 3 is 2.50 bits per heavy atom. The lowest BCUT2D eigenvalue weighted by Crippen LogP contribution is -2.18. The molecule has 0 saturated heterocycles. The highest BCUT2D eigenvalue weighted by molar-refractivity contribution is 5.74. The number of nitrogens with zero attached hydrogens (tertiary/aromatic N) is 1. The highest BCUT2D eigenvalue weighted by atomic mass is 16.5. The maximum atomic E-state index is 11.0. The van der Waals surface area contributed by atoms with Crippen molar-refractivity contribution in [2.75, 3.05) is 0 Å². The zero-order chi connectivity index (χ0) is 17.5. The first kappa shape index (κ1) is 18.1. The third-order valence-corrected chi connectivity index (χ3v) is 4.27. The lowest BCUT2D eigenvalue weighted by atomic mass is 10.0. The number of aromatic nitrogens is 1. The van der Waals surface area contributed by atoms with Gasteiger partial charge in [0, 0.05) is 24.7 Å². The van der Waals surface area contributed by atoms with Gasteiger partial charge in [-0.3, -0.25) is 10.0 Å². The van der Waals surface area contributed by atoms with Gasteiger partial charge in [-0.2, -0.15) is 0 Å². The average molecular weight is 330 g/mol. The second kappa shape index (κ2) is 8.55. The van der Waals surface area contributed by atoms with Crippen molar-refractivity contribution in [3.8, 4) is 5.88 Å². The zero-order valence-corrected chi connectivity index (χ0v) is 14.3. The van der Waals surface area contributed by atoms with Crippen LogP contribution in [0.3, 0.4) is 0 Å². The Labute approximate surface area is 142 Å². The van der Waals surface area contributed by atoms with Crippen molar-refractivity contribution in [3.05, 3.63) is 53.2 Å². The summed E-state index contributed by atoms with van der Waals surface area (Å²) >= 11 is 0. The van der Waals surface area contributed by atoms with Gasteiger partial charge < -0.3 is 9.67 Å². The molecule has 1 aromatic carbocycles. The molecule has 130 valence electrons. The Morgan fingerprint density at radius 2 is 1.88 bits per heavy atom. The van der Waals surface area contributed by atoms with Crippen LogP contribution in [0.2, 0.25) is 0 Å². The molecule has 5 heteroatoms. The average Bonchev–Trinajstić information content (AvgIpc) is 2.93. The molecule has 0 bridgehead atoms. The second-order valence-electron chi connectivity index (χ2n) is 6.39. The Kier molecular flexibility index (Phi) is 6.44. The zero-order valence-electron chi connectivity index (χ0n) is 14.3. The van der Waals surface area contributed by atoms with Crippen LogP contribution < -0.4 is 5.48 Å². The topological polar surface area (TPSA) is 74.5 Å². The molecule has 5 nitrogen and oxygen atoms in total. The quantitative estimate of drug-likeness (QED) is 0.513. The van der Waals surface area contributed by atoms with Crippen LogP contribution in [0.15, 0.2) is 36.5 Å². The molecule has 3 N–H and O–H groups in total. The van der Waals surface area contributed by atoms with E-state index in [-0.39, 0.29) is 12.3 Å². The fourth-order valence-electron chi connectivity index (χ4n) is 2.71. The summed E-state index contributed by atoms with van der Waals surface area (Å²) in [6, 6.07) is 10.5. The van der Waals surface area contributed by atoms with Gasteiger partial charge in [-0.1, -0.05) is 38.1 Å². The van der Waals surface area contributed by atoms with Crippen molar-refractivity contribution in [1.29, 1.82) is 0 Å². The highest BCUT2D eigenvalue weighted by Crippen LogP contribution is 2.21. The summed E-state index contributed by atoms with van der Waals surface area (Å²) in [5.41, 5.74) is 4.96. The van der Waals surface area contributed by atoms with Crippen molar-refractivity contribution in [1.82, 2.24) is 10.0 Å². The van der Waals surface area contributed by atoms with E-state index in [1.54, 1.807) is 10.0 Å². The lowest BCUT2D eigenvalue weighted by Gasteiger charge is -2.08. The van der Waals surface area contributed by atoms with Crippen molar-refractivity contribution >= 4 is 5.91 Å². The first-order chi connectivity index (χ1) is 11.5. The minimum atomic E-state index is -0.452. The number of hydroxylamine groups is 1. The number of hydrogen-bond donors (Lipinski definition) is 3. The van der Waals surface area contributed by atoms with E-state index in [0.29, 0.717) is 12.3 Å². The summed E-state index contributed by atoms with van der Waals surface area (Å²) in [5, 5.41) is 18.7. The number of carbonyl (C=O) groups is 1. The maximum Gasteiger partial charge on any atom is 0.243 e. The standard InChI is InChI=1S/C19H26N2O3/c1-14(2)16-7-5-15(6-8-16)4-3-12-21-13-11-17(19(21)23)9-10-18(22)20-24/h5-8,11,13-14,23-24H,3-4,9-10,12H2,1-2H3,(H,20,22). The number of aromatic hydroxyl groups is 1. The van der Waals surface area contributed by atoms with Crippen LogP contribution in [0.25, 0.3) is 0 Å². The van der Waals surface area contributed by atoms with E-state index in [2.05, 4.69) is 38.1 Å². The lowest BCUT2D eigenvalue weighted by molar-refractivity contribution is -0.129. The smallest absolute Gasteiger partial charge is 0.243 e. The Hall–Kier alpha value is -2.27. The molecule has 1 amide bonds. The minimum absolute atomic E-state index is 0.149. The summed E-state index contributed by atoms with van der Waals surface area (Å²) in [7, 11) is 0. The predicted octanol–water partition coefficient (Wildman–Crippen LogP) is 3.39. The highest BCUT2D eigenvalue weighted by Gasteiger charge is 2.09. The van der Waals surface area contributed by atoms with E-state index in [0.717, 1.165) is 24.9 Å². The molecule has 0 aliphatic heterocycles. The summed E-state index contributed by atoms with van der Waals surface area (Å²) in [4.78, 5) is 11.0. The third-order valence-electron chi connectivity index (χ3n) is 4.27. The van der Waals surface area contributed by atoms with Crippen LogP contribution in [0.5, 0.6) is 5.88 Å². The van der Waals surface area contributed by atoms with Crippen LogP contribution >= 0.6 is 0 Å². The number of carbonyl (C=O) groups excluding carboxylic acids is 1. The first-order valence-electron chi connectivity index (χ1n) is 8.40. The van der Waals surface area contributed by atoms with E-state index in [1.807, 2.05) is 12.3 Å². The SMILES string of the molecule is CC(C)c1ccc(CCCn2ccc(CCC(=O)NO)c2O)cc1. The van der Waals surface area contributed by atoms with Gasteiger partial charge >= 0.3 is 0 Å². The van der Waals surface area contributed by atoms with Gasteiger partial charge in [0.25, 0.3) is 0 Å². The van der Waals surface area contributed by atoms with E-state index < -0.39 is 5.91 Å². The van der Waals surface area contributed by atoms with Crippen LogP contribution in [0.4, 0.5) is 0 Å². The van der Waals surface area contributed by atoms with Crippen molar-refractivity contribution in [2.45, 2.75) is 52.0 Å². The molecule has 0 saturated carbocycles. The minimum Gasteiger partial charge on any atom is -0.494 e. The number of rotatable bonds is 8. The Morgan fingerprint density at radius 1 is 1.17 bits per heavy atom. The molecule has 1 aromatic heterocycles. The summed E-state index contributed by atoms with van der Waals surface area (Å²) in [6.45, 7) is 5.10. The van der Waals surface area contributed by atoms with E-state index in [9.17, 15) is 9.90 Å². The number of amides is 1. The van der Waals surface area contributed by atoms with Gasteiger partial charge in [-0.15, -0.1) is 0 Å². The van der Waals surface area contributed by atoms with Gasteiger partial charge in [0.15, 0.2) is 5.88 Å². The fraction of sp³-hybridized carbons (Fsp3) is 0.421. The molecule has 1 heterocycles. The molecule has 0 unspecified atom stereocenters. The predicted molar refractivity (Wildman–Crippen MR) is 93.2 cm³/mol. The molecular weight excluding hydrogens is 304 g/mol. The van der Waals surface area contributed by atoms with Crippen LogP contribution in [0.1, 0.15) is 49.3 Å². The van der Waals surface area contributed by atoms with Gasteiger partial charge in [-0.25, -0.2) is 5.48 Å². The summed E-state index contributed by atoms with van der Waals surface area (Å²) < 4.78 is 1.80. The Bertz CT molecular complexity index is 660. The number of benzene rings is 1. The number of aryl methyl sites for hydroxylation is 3. The van der Waals surface area contributed by atoms with Crippen LogP contribution in [0, 0.1) is 0 Å². The van der Waals surface area contributed by atoms with Crippen LogP contribution in [-0.2, 0) is 24.2 Å². The van der Waals surface area contributed by atoms with E-state index >= 15 is 0 Å². The molecule has 24 heavy (non-hydrogen) atoms. The normalized spacial score (nSPS) is 11.0. The van der Waals surface area contributed by atoms with Gasteiger partial charge in [0.2, 0.25) is 5.91 Å². The van der Waals surface area contributed by atoms with Crippen LogP contribution in [-0.4, -0.2) is 20.8 Å². The first-order valence-corrected chi connectivity index (χ1v) is 8.40. The van der Waals surface area contributed by atoms with Gasteiger partial charge in [0.05, 0.1) is 0 Å². The molecule has 0 aliphatic rings. The molecule has 0 atom stereocenters. The summed E-state index contributed by atoms with van der Waals surface area (Å²) in [5.74, 6) is 0.296. The van der Waals surface area contributed by atoms with Crippen molar-refractivity contribution < 1.29 is 15.1 Å². The van der Waals surface area contributed by atoms with Gasteiger partial charge in [0.1, 0.15) is 0 Å². The van der Waals surface area contributed by atoms with E-state index in [4.69, 9.17) is 5.21 Å². The fourth-order valence-corrected chi connectivity index (χ4v) is 2.71. The van der Waals surface area contributed by atoms with Crippen molar-refractivity contribution in [3.63, 3.8) is 0 Å².